The molecule has 0 fully saturated rings. The van der Waals surface area contributed by atoms with Gasteiger partial charge in [-0.15, -0.1) is 0 Å². The Bertz CT molecular complexity index is 824. The molecule has 25 heavy (non-hydrogen) atoms. The summed E-state index contributed by atoms with van der Waals surface area (Å²) in [6.45, 7) is 2.94. The highest BCUT2D eigenvalue weighted by molar-refractivity contribution is 5.86. The second-order valence-corrected chi connectivity index (χ2v) is 6.20. The van der Waals surface area contributed by atoms with Crippen molar-refractivity contribution in [2.45, 2.75) is 13.3 Å². The van der Waals surface area contributed by atoms with Crippen molar-refractivity contribution >= 4 is 16.7 Å². The number of hydrogen-bond acceptors (Lipinski definition) is 2. The lowest BCUT2D eigenvalue weighted by Crippen LogP contribution is -2.33. The Kier molecular flexibility index (Phi) is 5.68. The van der Waals surface area contributed by atoms with Crippen molar-refractivity contribution in [1.29, 1.82) is 0 Å². The lowest BCUT2D eigenvalue weighted by Gasteiger charge is -2.14. The summed E-state index contributed by atoms with van der Waals surface area (Å²) < 4.78 is 5.60. The van der Waals surface area contributed by atoms with Gasteiger partial charge in [0.15, 0.2) is 0 Å². The summed E-state index contributed by atoms with van der Waals surface area (Å²) in [5, 5.41) is 5.39. The first-order chi connectivity index (χ1) is 12.2. The van der Waals surface area contributed by atoms with Crippen molar-refractivity contribution in [2.75, 3.05) is 13.2 Å². The number of rotatable bonds is 7. The van der Waals surface area contributed by atoms with E-state index in [2.05, 4.69) is 35.6 Å². The van der Waals surface area contributed by atoms with Crippen molar-refractivity contribution in [1.82, 2.24) is 5.32 Å². The largest absolute Gasteiger partial charge is 0.492 e. The van der Waals surface area contributed by atoms with E-state index in [1.807, 2.05) is 49.4 Å². The van der Waals surface area contributed by atoms with Crippen LogP contribution in [0.1, 0.15) is 12.5 Å². The number of para-hydroxylation sites is 1. The molecular weight excluding hydrogens is 310 g/mol. The minimum atomic E-state index is -0.0810. The zero-order valence-corrected chi connectivity index (χ0v) is 14.4. The Morgan fingerprint density at radius 3 is 2.52 bits per heavy atom. The van der Waals surface area contributed by atoms with Crippen LogP contribution in [0.4, 0.5) is 0 Å². The zero-order valence-electron chi connectivity index (χ0n) is 14.4. The predicted octanol–water partition coefficient (Wildman–Crippen LogP) is 4.21. The SMILES string of the molecule is C[C@@H](Cc1cccc2ccccc12)C(=O)NCCOc1ccccc1. The first-order valence-electron chi connectivity index (χ1n) is 8.66. The molecule has 0 aliphatic carbocycles. The van der Waals surface area contributed by atoms with E-state index in [9.17, 15) is 4.79 Å². The number of fused-ring (bicyclic) bond motifs is 1. The van der Waals surface area contributed by atoms with E-state index < -0.39 is 0 Å². The van der Waals surface area contributed by atoms with Crippen LogP contribution in [0.2, 0.25) is 0 Å². The molecule has 0 aliphatic rings. The summed E-state index contributed by atoms with van der Waals surface area (Å²) in [6, 6.07) is 24.2. The van der Waals surface area contributed by atoms with E-state index in [-0.39, 0.29) is 11.8 Å². The normalized spacial score (nSPS) is 11.9. The molecule has 3 aromatic carbocycles. The summed E-state index contributed by atoms with van der Waals surface area (Å²) in [6.07, 6.45) is 0.729. The van der Waals surface area contributed by atoms with Gasteiger partial charge in [0.05, 0.1) is 6.54 Å². The molecule has 0 unspecified atom stereocenters. The van der Waals surface area contributed by atoms with E-state index in [1.165, 1.54) is 16.3 Å². The van der Waals surface area contributed by atoms with Gasteiger partial charge in [-0.1, -0.05) is 67.6 Å². The molecule has 0 aliphatic heterocycles. The Hall–Kier alpha value is -2.81. The number of nitrogens with one attached hydrogen (secondary N) is 1. The zero-order chi connectivity index (χ0) is 17.5. The van der Waals surface area contributed by atoms with E-state index in [0.29, 0.717) is 13.2 Å². The third kappa shape index (κ3) is 4.60. The average Bonchev–Trinajstić information content (AvgIpc) is 2.66. The molecule has 0 saturated carbocycles. The minimum absolute atomic E-state index is 0.0598. The van der Waals surface area contributed by atoms with Crippen molar-refractivity contribution in [3.63, 3.8) is 0 Å². The Morgan fingerprint density at radius 2 is 1.68 bits per heavy atom. The summed E-state index contributed by atoms with van der Waals surface area (Å²) in [4.78, 5) is 12.3. The van der Waals surface area contributed by atoms with Crippen LogP contribution in [-0.4, -0.2) is 19.1 Å². The monoisotopic (exact) mass is 333 g/mol. The van der Waals surface area contributed by atoms with Gasteiger partial charge in [0.2, 0.25) is 5.91 Å². The van der Waals surface area contributed by atoms with Crippen molar-refractivity contribution in [3.8, 4) is 5.75 Å². The summed E-state index contributed by atoms with van der Waals surface area (Å²) in [5.74, 6) is 0.799. The predicted molar refractivity (Wildman–Crippen MR) is 102 cm³/mol. The third-order valence-corrected chi connectivity index (χ3v) is 4.27. The highest BCUT2D eigenvalue weighted by Gasteiger charge is 2.14. The molecule has 0 spiro atoms. The maximum absolute atomic E-state index is 12.3. The van der Waals surface area contributed by atoms with Gasteiger partial charge in [-0.3, -0.25) is 4.79 Å². The van der Waals surface area contributed by atoms with Crippen molar-refractivity contribution in [2.24, 2.45) is 5.92 Å². The van der Waals surface area contributed by atoms with E-state index in [0.717, 1.165) is 12.2 Å². The molecule has 1 amide bonds. The molecule has 0 bridgehead atoms. The number of hydrogen-bond donors (Lipinski definition) is 1. The summed E-state index contributed by atoms with van der Waals surface area (Å²) in [5.41, 5.74) is 1.21. The van der Waals surface area contributed by atoms with E-state index in [1.54, 1.807) is 0 Å². The molecule has 0 aromatic heterocycles. The number of carbonyl (C=O) groups is 1. The maximum Gasteiger partial charge on any atom is 0.223 e. The molecule has 0 radical (unpaired) electrons. The van der Waals surface area contributed by atoms with Crippen LogP contribution in [0.15, 0.2) is 72.8 Å². The van der Waals surface area contributed by atoms with Crippen LogP contribution in [-0.2, 0) is 11.2 Å². The molecule has 3 heteroatoms. The second-order valence-electron chi connectivity index (χ2n) is 6.20. The topological polar surface area (TPSA) is 38.3 Å². The molecular formula is C22H23NO2. The number of amides is 1. The number of carbonyl (C=O) groups excluding carboxylic acids is 1. The molecule has 3 rings (SSSR count). The number of ether oxygens (including phenoxy) is 1. The first-order valence-corrected chi connectivity index (χ1v) is 8.66. The van der Waals surface area contributed by atoms with E-state index in [4.69, 9.17) is 4.74 Å². The van der Waals surface area contributed by atoms with E-state index >= 15 is 0 Å². The summed E-state index contributed by atoms with van der Waals surface area (Å²) in [7, 11) is 0. The fourth-order valence-electron chi connectivity index (χ4n) is 2.93. The van der Waals surface area contributed by atoms with Gasteiger partial charge in [-0.25, -0.2) is 0 Å². The van der Waals surface area contributed by atoms with Crippen LogP contribution in [0, 0.1) is 5.92 Å². The highest BCUT2D eigenvalue weighted by atomic mass is 16.5. The lowest BCUT2D eigenvalue weighted by molar-refractivity contribution is -0.124. The van der Waals surface area contributed by atoms with Gasteiger partial charge >= 0.3 is 0 Å². The summed E-state index contributed by atoms with van der Waals surface area (Å²) >= 11 is 0. The van der Waals surface area contributed by atoms with Crippen LogP contribution in [0.5, 0.6) is 5.75 Å². The van der Waals surface area contributed by atoms with Gasteiger partial charge < -0.3 is 10.1 Å². The molecule has 0 saturated heterocycles. The highest BCUT2D eigenvalue weighted by Crippen LogP contribution is 2.21. The van der Waals surface area contributed by atoms with Crippen LogP contribution in [0.25, 0.3) is 10.8 Å². The Balaban J connectivity index is 1.50. The molecule has 1 atom stereocenters. The molecule has 3 aromatic rings. The molecule has 0 heterocycles. The van der Waals surface area contributed by atoms with Crippen molar-refractivity contribution in [3.05, 3.63) is 78.4 Å². The van der Waals surface area contributed by atoms with Gasteiger partial charge in [0.25, 0.3) is 0 Å². The quantitative estimate of drug-likeness (QED) is 0.658. The molecule has 3 nitrogen and oxygen atoms in total. The van der Waals surface area contributed by atoms with Gasteiger partial charge in [-0.05, 0) is 34.9 Å². The van der Waals surface area contributed by atoms with Crippen LogP contribution >= 0.6 is 0 Å². The standard InChI is InChI=1S/C22H23NO2/c1-17(16-19-10-7-9-18-8-5-6-13-21(18)19)22(24)23-14-15-25-20-11-3-2-4-12-20/h2-13,17H,14-16H2,1H3,(H,23,24)/t17-/m0/s1. The van der Waals surface area contributed by atoms with Crippen LogP contribution < -0.4 is 10.1 Å². The van der Waals surface area contributed by atoms with Gasteiger partial charge in [-0.2, -0.15) is 0 Å². The van der Waals surface area contributed by atoms with Gasteiger partial charge in [0, 0.05) is 5.92 Å². The second kappa shape index (κ2) is 8.34. The number of benzene rings is 3. The third-order valence-electron chi connectivity index (χ3n) is 4.27. The molecule has 1 N–H and O–H groups in total. The molecule has 128 valence electrons. The van der Waals surface area contributed by atoms with Gasteiger partial charge in [0.1, 0.15) is 12.4 Å². The Morgan fingerprint density at radius 1 is 0.960 bits per heavy atom. The van der Waals surface area contributed by atoms with Crippen molar-refractivity contribution < 1.29 is 9.53 Å². The lowest BCUT2D eigenvalue weighted by atomic mass is 9.95. The minimum Gasteiger partial charge on any atom is -0.492 e. The fourth-order valence-corrected chi connectivity index (χ4v) is 2.93. The average molecular weight is 333 g/mol. The first kappa shape index (κ1) is 17.0. The van der Waals surface area contributed by atoms with Crippen LogP contribution in [0.3, 0.4) is 0 Å². The fraction of sp³-hybridized carbons (Fsp3) is 0.227. The smallest absolute Gasteiger partial charge is 0.223 e. The maximum atomic E-state index is 12.3. The Labute approximate surface area is 148 Å².